The summed E-state index contributed by atoms with van der Waals surface area (Å²) in [5.41, 5.74) is 2.21. The number of carboxylic acids is 1. The normalized spacial score (nSPS) is 13.9. The molecule has 0 aliphatic carbocycles. The van der Waals surface area contributed by atoms with E-state index in [1.54, 1.807) is 43.6 Å². The maximum Gasteiger partial charge on any atom is 0.337 e. The highest BCUT2D eigenvalue weighted by atomic mass is 35.5. The van der Waals surface area contributed by atoms with Gasteiger partial charge in [-0.3, -0.25) is 4.98 Å². The average molecular weight is 528 g/mol. The highest BCUT2D eigenvalue weighted by Crippen LogP contribution is 2.41. The van der Waals surface area contributed by atoms with Gasteiger partial charge in [0.15, 0.2) is 6.10 Å². The summed E-state index contributed by atoms with van der Waals surface area (Å²) in [6.45, 7) is 9.05. The molecular formula is C32H30ClNO4. The number of ether oxygens (including phenoxy) is 1. The molecule has 3 aromatic carbocycles. The summed E-state index contributed by atoms with van der Waals surface area (Å²) in [5.74, 6) is 4.99. The quantitative estimate of drug-likeness (QED) is 0.271. The number of aliphatic carboxylic acids is 1. The second kappa shape index (κ2) is 10.6. The second-order valence-corrected chi connectivity index (χ2v) is 10.9. The van der Waals surface area contributed by atoms with Crippen molar-refractivity contribution >= 4 is 28.3 Å². The smallest absolute Gasteiger partial charge is 0.337 e. The van der Waals surface area contributed by atoms with E-state index < -0.39 is 23.3 Å². The Labute approximate surface area is 228 Å². The Morgan fingerprint density at radius 3 is 2.26 bits per heavy atom. The van der Waals surface area contributed by atoms with Gasteiger partial charge < -0.3 is 14.9 Å². The van der Waals surface area contributed by atoms with E-state index in [-0.39, 0.29) is 0 Å². The highest BCUT2D eigenvalue weighted by Gasteiger charge is 2.31. The zero-order valence-corrected chi connectivity index (χ0v) is 22.8. The summed E-state index contributed by atoms with van der Waals surface area (Å²) in [7, 11) is 0. The Morgan fingerprint density at radius 2 is 1.66 bits per heavy atom. The molecule has 0 radical (unpaired) electrons. The van der Waals surface area contributed by atoms with Crippen molar-refractivity contribution in [2.75, 3.05) is 0 Å². The lowest BCUT2D eigenvalue weighted by Gasteiger charge is -2.28. The van der Waals surface area contributed by atoms with Crippen LogP contribution < -0.4 is 0 Å². The van der Waals surface area contributed by atoms with Crippen molar-refractivity contribution in [3.05, 3.63) is 100 Å². The van der Waals surface area contributed by atoms with E-state index >= 15 is 0 Å². The van der Waals surface area contributed by atoms with Gasteiger partial charge in [0.2, 0.25) is 0 Å². The minimum Gasteiger partial charge on any atom is -0.479 e. The molecule has 0 fully saturated rings. The van der Waals surface area contributed by atoms with Gasteiger partial charge in [0.25, 0.3) is 0 Å². The zero-order valence-electron chi connectivity index (χ0n) is 22.0. The van der Waals surface area contributed by atoms with Crippen LogP contribution in [0.25, 0.3) is 21.9 Å². The fraction of sp³-hybridized carbons (Fsp3) is 0.250. The van der Waals surface area contributed by atoms with Crippen molar-refractivity contribution in [2.45, 2.75) is 51.9 Å². The Bertz CT molecular complexity index is 1540. The van der Waals surface area contributed by atoms with Crippen molar-refractivity contribution in [3.8, 4) is 23.0 Å². The fourth-order valence-corrected chi connectivity index (χ4v) is 4.55. The molecule has 0 saturated carbocycles. The first-order valence-electron chi connectivity index (χ1n) is 12.3. The van der Waals surface area contributed by atoms with Crippen LogP contribution >= 0.6 is 11.6 Å². The Morgan fingerprint density at radius 1 is 1.00 bits per heavy atom. The van der Waals surface area contributed by atoms with Gasteiger partial charge in [-0.2, -0.15) is 0 Å². The van der Waals surface area contributed by atoms with Crippen LogP contribution in [0, 0.1) is 18.8 Å². The molecule has 0 aliphatic rings. The van der Waals surface area contributed by atoms with Gasteiger partial charge in [-0.25, -0.2) is 4.79 Å². The average Bonchev–Trinajstić information content (AvgIpc) is 2.86. The number of aliphatic hydroxyl groups is 1. The number of hydrogen-bond donors (Lipinski definition) is 2. The van der Waals surface area contributed by atoms with Gasteiger partial charge in [0.1, 0.15) is 5.60 Å². The van der Waals surface area contributed by atoms with Gasteiger partial charge in [-0.1, -0.05) is 47.7 Å². The molecule has 4 rings (SSSR count). The molecule has 194 valence electrons. The van der Waals surface area contributed by atoms with E-state index in [4.69, 9.17) is 16.3 Å². The molecule has 1 heterocycles. The lowest BCUT2D eigenvalue weighted by Crippen LogP contribution is -2.28. The number of fused-ring (bicyclic) bond motifs is 1. The topological polar surface area (TPSA) is 79.7 Å². The molecule has 0 aliphatic heterocycles. The summed E-state index contributed by atoms with van der Waals surface area (Å²) in [6, 6.07) is 18.5. The van der Waals surface area contributed by atoms with Crippen molar-refractivity contribution < 1.29 is 19.7 Å². The number of halogens is 1. The molecule has 0 saturated heterocycles. The van der Waals surface area contributed by atoms with Crippen LogP contribution in [-0.2, 0) is 15.1 Å². The molecule has 1 aromatic heterocycles. The van der Waals surface area contributed by atoms with Crippen LogP contribution in [0.4, 0.5) is 0 Å². The molecular weight excluding hydrogens is 498 g/mol. The van der Waals surface area contributed by atoms with E-state index in [1.807, 2.05) is 64.1 Å². The van der Waals surface area contributed by atoms with Crippen LogP contribution in [0.2, 0.25) is 5.02 Å². The number of rotatable bonds is 5. The molecule has 6 heteroatoms. The van der Waals surface area contributed by atoms with Gasteiger partial charge in [-0.15, -0.1) is 0 Å². The van der Waals surface area contributed by atoms with Crippen LogP contribution in [0.5, 0.6) is 0 Å². The first kappa shape index (κ1) is 27.3. The number of benzene rings is 3. The van der Waals surface area contributed by atoms with Crippen molar-refractivity contribution in [2.24, 2.45) is 0 Å². The summed E-state index contributed by atoms with van der Waals surface area (Å²) in [6.07, 6.45) is 2.04. The second-order valence-electron chi connectivity index (χ2n) is 10.4. The third kappa shape index (κ3) is 6.06. The van der Waals surface area contributed by atoms with Gasteiger partial charge >= 0.3 is 5.97 Å². The Hall–Kier alpha value is -3.69. The number of aryl methyl sites for hydroxylation is 1. The molecule has 0 bridgehead atoms. The third-order valence-electron chi connectivity index (χ3n) is 6.17. The van der Waals surface area contributed by atoms with Crippen LogP contribution in [-0.4, -0.2) is 26.8 Å². The Kier molecular flexibility index (Phi) is 7.62. The maximum absolute atomic E-state index is 12.5. The minimum atomic E-state index is -1.37. The first-order valence-corrected chi connectivity index (χ1v) is 12.6. The first-order chi connectivity index (χ1) is 17.9. The van der Waals surface area contributed by atoms with Crippen molar-refractivity contribution in [3.63, 3.8) is 0 Å². The van der Waals surface area contributed by atoms with Crippen LogP contribution in [0.15, 0.2) is 73.1 Å². The number of aromatic nitrogens is 1. The van der Waals surface area contributed by atoms with E-state index in [9.17, 15) is 15.0 Å². The van der Waals surface area contributed by atoms with Crippen molar-refractivity contribution in [1.82, 2.24) is 4.98 Å². The van der Waals surface area contributed by atoms with E-state index in [0.29, 0.717) is 21.7 Å². The fourth-order valence-electron chi connectivity index (χ4n) is 4.42. The van der Waals surface area contributed by atoms with E-state index in [0.717, 1.165) is 27.5 Å². The molecule has 0 amide bonds. The van der Waals surface area contributed by atoms with Gasteiger partial charge in [0.05, 0.1) is 5.60 Å². The molecule has 0 spiro atoms. The van der Waals surface area contributed by atoms with Crippen LogP contribution in [0.3, 0.4) is 0 Å². The van der Waals surface area contributed by atoms with E-state index in [1.165, 1.54) is 0 Å². The van der Waals surface area contributed by atoms with Gasteiger partial charge in [-0.05, 0) is 104 Å². The maximum atomic E-state index is 12.5. The molecule has 2 atom stereocenters. The summed E-state index contributed by atoms with van der Waals surface area (Å²) >= 11 is 6.18. The molecule has 4 aromatic rings. The Balaban J connectivity index is 1.96. The predicted octanol–water partition coefficient (Wildman–Crippen LogP) is 7.06. The third-order valence-corrected chi connectivity index (χ3v) is 6.42. The zero-order chi connectivity index (χ0) is 27.7. The van der Waals surface area contributed by atoms with Crippen LogP contribution in [0.1, 0.15) is 56.1 Å². The number of nitrogens with zero attached hydrogens (tertiary/aromatic N) is 1. The SMILES string of the molecule is Cc1cc2ccc(C#CC(C)(O)c3ccncc3)cc2c(-c2ccc(Cl)cc2)c1[C@H](OC(C)(C)C)C(=O)O. The summed E-state index contributed by atoms with van der Waals surface area (Å²) in [5, 5.41) is 23.5. The lowest BCUT2D eigenvalue weighted by molar-refractivity contribution is -0.160. The largest absolute Gasteiger partial charge is 0.479 e. The number of carboxylic acid groups (broad SMARTS) is 1. The predicted molar refractivity (Wildman–Crippen MR) is 151 cm³/mol. The summed E-state index contributed by atoms with van der Waals surface area (Å²) < 4.78 is 6.08. The standard InChI is InChI=1S/C32H30ClNO4/c1-20-18-23-7-6-21(12-15-32(5,37)24-13-16-34-17-14-24)19-26(23)28(22-8-10-25(33)11-9-22)27(20)29(30(35)36)38-31(2,3)4/h6-11,13-14,16-19,29,37H,1-5H3,(H,35,36)/t29-,32?/m0/s1. The van der Waals surface area contributed by atoms with Crippen molar-refractivity contribution in [1.29, 1.82) is 0 Å². The molecule has 1 unspecified atom stereocenters. The monoisotopic (exact) mass is 527 g/mol. The number of hydrogen-bond acceptors (Lipinski definition) is 4. The summed E-state index contributed by atoms with van der Waals surface area (Å²) in [4.78, 5) is 16.5. The minimum absolute atomic E-state index is 0.580. The molecule has 38 heavy (non-hydrogen) atoms. The highest BCUT2D eigenvalue weighted by molar-refractivity contribution is 6.30. The van der Waals surface area contributed by atoms with Gasteiger partial charge in [0, 0.05) is 28.5 Å². The van der Waals surface area contributed by atoms with E-state index in [2.05, 4.69) is 16.8 Å². The number of pyridine rings is 1. The lowest BCUT2D eigenvalue weighted by atomic mass is 9.86. The molecule has 5 nitrogen and oxygen atoms in total. The molecule has 2 N–H and O–H groups in total. The number of carbonyl (C=O) groups is 1.